The van der Waals surface area contributed by atoms with Crippen LogP contribution in [0.2, 0.25) is 0 Å². The lowest BCUT2D eigenvalue weighted by atomic mass is 10.0. The second kappa shape index (κ2) is 9.21. The molecule has 1 atom stereocenters. The van der Waals surface area contributed by atoms with Crippen LogP contribution in [0, 0.1) is 6.92 Å². The smallest absolute Gasteiger partial charge is 0.224 e. The van der Waals surface area contributed by atoms with Gasteiger partial charge >= 0.3 is 0 Å². The maximum atomic E-state index is 12.8. The molecule has 0 spiro atoms. The zero-order chi connectivity index (χ0) is 20.1. The zero-order valence-corrected chi connectivity index (χ0v) is 16.9. The van der Waals surface area contributed by atoms with E-state index in [0.717, 1.165) is 37.3 Å². The average Bonchev–Trinajstić information content (AvgIpc) is 2.75. The van der Waals surface area contributed by atoms with Crippen LogP contribution < -0.4 is 5.32 Å². The molecular formula is C25H28N2O2. The number of aryl methyl sites for hydroxylation is 1. The number of nitrogens with zero attached hydrogens (tertiary/aromatic N) is 1. The molecule has 0 bridgehead atoms. The van der Waals surface area contributed by atoms with Gasteiger partial charge in [0.1, 0.15) is 0 Å². The molecule has 1 saturated heterocycles. The highest BCUT2D eigenvalue weighted by Crippen LogP contribution is 2.23. The highest BCUT2D eigenvalue weighted by atomic mass is 16.5. The first-order chi connectivity index (χ1) is 14.2. The summed E-state index contributed by atoms with van der Waals surface area (Å²) in [6, 6.07) is 23.1. The van der Waals surface area contributed by atoms with Gasteiger partial charge in [-0.25, -0.2) is 0 Å². The minimum Gasteiger partial charge on any atom is -0.379 e. The third-order valence-corrected chi connectivity index (χ3v) is 5.64. The predicted octanol–water partition coefficient (Wildman–Crippen LogP) is 3.88. The van der Waals surface area contributed by atoms with Crippen LogP contribution in [0.15, 0.2) is 66.7 Å². The molecule has 4 rings (SSSR count). The highest BCUT2D eigenvalue weighted by molar-refractivity contribution is 5.90. The first-order valence-corrected chi connectivity index (χ1v) is 10.3. The number of nitrogens with one attached hydrogen (secondary N) is 1. The number of hydrogen-bond donors (Lipinski definition) is 1. The molecule has 0 aromatic heterocycles. The van der Waals surface area contributed by atoms with Crippen molar-refractivity contribution in [3.8, 4) is 0 Å². The molecule has 150 valence electrons. The van der Waals surface area contributed by atoms with Crippen molar-refractivity contribution in [1.29, 1.82) is 0 Å². The third kappa shape index (κ3) is 4.84. The Labute approximate surface area is 172 Å². The molecule has 1 heterocycles. The van der Waals surface area contributed by atoms with Crippen LogP contribution >= 0.6 is 0 Å². The van der Waals surface area contributed by atoms with Crippen molar-refractivity contribution in [2.45, 2.75) is 19.4 Å². The fourth-order valence-corrected chi connectivity index (χ4v) is 4.12. The molecule has 3 aromatic carbocycles. The van der Waals surface area contributed by atoms with Gasteiger partial charge in [-0.3, -0.25) is 9.69 Å². The Hall–Kier alpha value is -2.69. The lowest BCUT2D eigenvalue weighted by Gasteiger charge is -2.35. The number of ether oxygens (including phenoxy) is 1. The second-order valence-electron chi connectivity index (χ2n) is 7.70. The standard InChI is InChI=1S/C25H28N2O2/c1-19-6-4-10-22(16-19)24(27-12-14-29-15-13-27)18-26-25(28)17-21-9-5-8-20-7-2-3-11-23(20)21/h2-11,16,24H,12-15,17-18H2,1H3,(H,26,28). The van der Waals surface area contributed by atoms with Gasteiger partial charge in [0, 0.05) is 19.6 Å². The summed E-state index contributed by atoms with van der Waals surface area (Å²) in [6.45, 7) is 5.97. The minimum atomic E-state index is 0.0623. The molecule has 4 heteroatoms. The Kier molecular flexibility index (Phi) is 6.23. The molecule has 0 saturated carbocycles. The van der Waals surface area contributed by atoms with Crippen LogP contribution in [0.4, 0.5) is 0 Å². The summed E-state index contributed by atoms with van der Waals surface area (Å²) in [5.74, 6) is 0.0623. The van der Waals surface area contributed by atoms with Crippen LogP contribution in [-0.4, -0.2) is 43.7 Å². The topological polar surface area (TPSA) is 41.6 Å². The Morgan fingerprint density at radius 2 is 1.79 bits per heavy atom. The third-order valence-electron chi connectivity index (χ3n) is 5.64. The quantitative estimate of drug-likeness (QED) is 0.697. The van der Waals surface area contributed by atoms with Gasteiger partial charge in [0.2, 0.25) is 5.91 Å². The Balaban J connectivity index is 1.47. The van der Waals surface area contributed by atoms with E-state index in [1.54, 1.807) is 0 Å². The largest absolute Gasteiger partial charge is 0.379 e. The molecule has 3 aromatic rings. The van der Waals surface area contributed by atoms with Gasteiger partial charge in [-0.15, -0.1) is 0 Å². The summed E-state index contributed by atoms with van der Waals surface area (Å²) < 4.78 is 5.53. The molecule has 1 fully saturated rings. The lowest BCUT2D eigenvalue weighted by Crippen LogP contribution is -2.44. The van der Waals surface area contributed by atoms with E-state index in [9.17, 15) is 4.79 Å². The van der Waals surface area contributed by atoms with Gasteiger partial charge in [-0.2, -0.15) is 0 Å². The van der Waals surface area contributed by atoms with E-state index in [-0.39, 0.29) is 11.9 Å². The molecule has 0 radical (unpaired) electrons. The van der Waals surface area contributed by atoms with Gasteiger partial charge < -0.3 is 10.1 Å². The van der Waals surface area contributed by atoms with Crippen molar-refractivity contribution in [3.63, 3.8) is 0 Å². The van der Waals surface area contributed by atoms with Crippen LogP contribution in [0.5, 0.6) is 0 Å². The van der Waals surface area contributed by atoms with Crippen molar-refractivity contribution in [2.75, 3.05) is 32.8 Å². The number of amides is 1. The van der Waals surface area contributed by atoms with Crippen molar-refractivity contribution < 1.29 is 9.53 Å². The van der Waals surface area contributed by atoms with Crippen LogP contribution in [0.3, 0.4) is 0 Å². The first kappa shape index (κ1) is 19.6. The van der Waals surface area contributed by atoms with Gasteiger partial charge in [0.25, 0.3) is 0 Å². The second-order valence-corrected chi connectivity index (χ2v) is 7.70. The molecule has 4 nitrogen and oxygen atoms in total. The number of benzene rings is 3. The van der Waals surface area contributed by atoms with E-state index < -0.39 is 0 Å². The number of carbonyl (C=O) groups is 1. The molecule has 1 aliphatic rings. The molecule has 1 N–H and O–H groups in total. The molecule has 0 aliphatic carbocycles. The SMILES string of the molecule is Cc1cccc(C(CNC(=O)Cc2cccc3ccccc23)N2CCOCC2)c1. The van der Waals surface area contributed by atoms with Crippen LogP contribution in [0.25, 0.3) is 10.8 Å². The average molecular weight is 389 g/mol. The number of fused-ring (bicyclic) bond motifs is 1. The summed E-state index contributed by atoms with van der Waals surface area (Å²) in [6.07, 6.45) is 0.394. The summed E-state index contributed by atoms with van der Waals surface area (Å²) in [7, 11) is 0. The zero-order valence-electron chi connectivity index (χ0n) is 16.9. The van der Waals surface area contributed by atoms with Crippen LogP contribution in [0.1, 0.15) is 22.7 Å². The monoisotopic (exact) mass is 388 g/mol. The van der Waals surface area contributed by atoms with E-state index in [2.05, 4.69) is 59.6 Å². The van der Waals surface area contributed by atoms with E-state index in [1.807, 2.05) is 24.3 Å². The highest BCUT2D eigenvalue weighted by Gasteiger charge is 2.23. The van der Waals surface area contributed by atoms with Gasteiger partial charge in [-0.1, -0.05) is 72.3 Å². The van der Waals surface area contributed by atoms with Gasteiger partial charge in [0.15, 0.2) is 0 Å². The van der Waals surface area contributed by atoms with E-state index in [4.69, 9.17) is 4.74 Å². The maximum Gasteiger partial charge on any atom is 0.224 e. The van der Waals surface area contributed by atoms with Gasteiger partial charge in [0.05, 0.1) is 25.7 Å². The summed E-state index contributed by atoms with van der Waals surface area (Å²) in [5.41, 5.74) is 3.55. The maximum absolute atomic E-state index is 12.8. The predicted molar refractivity (Wildman–Crippen MR) is 117 cm³/mol. The van der Waals surface area contributed by atoms with E-state index in [0.29, 0.717) is 13.0 Å². The number of morpholine rings is 1. The molecular weight excluding hydrogens is 360 g/mol. The first-order valence-electron chi connectivity index (χ1n) is 10.3. The van der Waals surface area contributed by atoms with Crippen molar-refractivity contribution in [2.24, 2.45) is 0 Å². The van der Waals surface area contributed by atoms with E-state index in [1.165, 1.54) is 16.5 Å². The fourth-order valence-electron chi connectivity index (χ4n) is 4.12. The fraction of sp³-hybridized carbons (Fsp3) is 0.320. The number of rotatable bonds is 6. The Morgan fingerprint density at radius 3 is 2.62 bits per heavy atom. The molecule has 1 aliphatic heterocycles. The molecule has 1 unspecified atom stereocenters. The Bertz CT molecular complexity index is 974. The van der Waals surface area contributed by atoms with Crippen LogP contribution in [-0.2, 0) is 16.0 Å². The summed E-state index contributed by atoms with van der Waals surface area (Å²) in [4.78, 5) is 15.2. The summed E-state index contributed by atoms with van der Waals surface area (Å²) >= 11 is 0. The lowest BCUT2D eigenvalue weighted by molar-refractivity contribution is -0.120. The minimum absolute atomic E-state index is 0.0623. The van der Waals surface area contributed by atoms with Crippen molar-refractivity contribution in [3.05, 3.63) is 83.4 Å². The molecule has 29 heavy (non-hydrogen) atoms. The number of carbonyl (C=O) groups excluding carboxylic acids is 1. The van der Waals surface area contributed by atoms with Crippen molar-refractivity contribution in [1.82, 2.24) is 10.2 Å². The van der Waals surface area contributed by atoms with E-state index >= 15 is 0 Å². The number of hydrogen-bond acceptors (Lipinski definition) is 3. The van der Waals surface area contributed by atoms with Crippen molar-refractivity contribution >= 4 is 16.7 Å². The molecule has 1 amide bonds. The summed E-state index contributed by atoms with van der Waals surface area (Å²) in [5, 5.41) is 5.51. The Morgan fingerprint density at radius 1 is 1.03 bits per heavy atom. The van der Waals surface area contributed by atoms with Gasteiger partial charge in [-0.05, 0) is 28.8 Å². The normalized spacial score (nSPS) is 15.9.